The van der Waals surface area contributed by atoms with Crippen LogP contribution in [-0.2, 0) is 9.53 Å². The topological polar surface area (TPSA) is 58.6 Å². The maximum atomic E-state index is 11.3. The van der Waals surface area contributed by atoms with Gasteiger partial charge in [0.15, 0.2) is 0 Å². The highest BCUT2D eigenvalue weighted by Crippen LogP contribution is 2.30. The molecular formula is C13H23NO3. The van der Waals surface area contributed by atoms with Gasteiger partial charge in [-0.25, -0.2) is 0 Å². The van der Waals surface area contributed by atoms with E-state index in [0.717, 1.165) is 12.8 Å². The van der Waals surface area contributed by atoms with Crippen molar-refractivity contribution in [3.63, 3.8) is 0 Å². The number of aliphatic carboxylic acids is 1. The smallest absolute Gasteiger partial charge is 0.320 e. The molecule has 3 atom stereocenters. The molecule has 0 saturated carbocycles. The molecule has 0 spiro atoms. The molecule has 1 aliphatic carbocycles. The number of hydrogen-bond acceptors (Lipinski definition) is 3. The van der Waals surface area contributed by atoms with Gasteiger partial charge in [0.2, 0.25) is 0 Å². The molecule has 0 aromatic heterocycles. The van der Waals surface area contributed by atoms with Crippen molar-refractivity contribution in [1.82, 2.24) is 5.32 Å². The Morgan fingerprint density at radius 1 is 1.71 bits per heavy atom. The maximum absolute atomic E-state index is 11.3. The lowest BCUT2D eigenvalue weighted by atomic mass is 9.79. The van der Waals surface area contributed by atoms with Gasteiger partial charge in [0.25, 0.3) is 0 Å². The Morgan fingerprint density at radius 2 is 2.41 bits per heavy atom. The number of carboxylic acid groups (broad SMARTS) is 1. The molecule has 0 heterocycles. The van der Waals surface area contributed by atoms with Gasteiger partial charge in [-0.15, -0.1) is 0 Å². The molecule has 1 rings (SSSR count). The van der Waals surface area contributed by atoms with Gasteiger partial charge < -0.3 is 15.2 Å². The molecule has 0 aliphatic heterocycles. The second-order valence-corrected chi connectivity index (χ2v) is 4.95. The molecule has 0 bridgehead atoms. The van der Waals surface area contributed by atoms with Gasteiger partial charge in [0.1, 0.15) is 6.04 Å². The first-order valence-corrected chi connectivity index (χ1v) is 6.17. The number of carbonyl (C=O) groups is 1. The van der Waals surface area contributed by atoms with Crippen LogP contribution in [0.25, 0.3) is 0 Å². The number of nitrogens with one attached hydrogen (secondary N) is 1. The Morgan fingerprint density at radius 3 is 2.94 bits per heavy atom. The summed E-state index contributed by atoms with van der Waals surface area (Å²) in [4.78, 5) is 11.3. The van der Waals surface area contributed by atoms with E-state index in [1.807, 2.05) is 0 Å². The predicted molar refractivity (Wildman–Crippen MR) is 66.9 cm³/mol. The fourth-order valence-electron chi connectivity index (χ4n) is 2.62. The van der Waals surface area contributed by atoms with E-state index in [2.05, 4.69) is 25.2 Å². The van der Waals surface area contributed by atoms with Crippen molar-refractivity contribution in [3.8, 4) is 0 Å². The van der Waals surface area contributed by atoms with E-state index in [1.54, 1.807) is 7.11 Å². The summed E-state index contributed by atoms with van der Waals surface area (Å²) in [5.74, 6) is -0.0998. The van der Waals surface area contributed by atoms with Gasteiger partial charge >= 0.3 is 5.97 Å². The summed E-state index contributed by atoms with van der Waals surface area (Å²) in [6.07, 6.45) is 4.06. The van der Waals surface area contributed by atoms with Gasteiger partial charge in [0.05, 0.1) is 6.61 Å². The van der Waals surface area contributed by atoms with E-state index in [4.69, 9.17) is 4.74 Å². The van der Waals surface area contributed by atoms with Crippen molar-refractivity contribution < 1.29 is 14.6 Å². The third-order valence-electron chi connectivity index (χ3n) is 3.24. The molecule has 0 aromatic rings. The van der Waals surface area contributed by atoms with Gasteiger partial charge in [0, 0.05) is 13.7 Å². The molecular weight excluding hydrogens is 218 g/mol. The van der Waals surface area contributed by atoms with E-state index in [9.17, 15) is 9.90 Å². The highest BCUT2D eigenvalue weighted by molar-refractivity contribution is 5.74. The molecule has 3 unspecified atom stereocenters. The summed E-state index contributed by atoms with van der Waals surface area (Å²) in [7, 11) is 1.62. The average molecular weight is 241 g/mol. The Labute approximate surface area is 103 Å². The number of methoxy groups -OCH3 is 1. The van der Waals surface area contributed by atoms with Crippen LogP contribution in [0.2, 0.25) is 0 Å². The van der Waals surface area contributed by atoms with Gasteiger partial charge in [-0.1, -0.05) is 18.6 Å². The normalized spacial score (nSPS) is 26.4. The van der Waals surface area contributed by atoms with E-state index in [1.165, 1.54) is 5.57 Å². The van der Waals surface area contributed by atoms with Crippen LogP contribution in [0.5, 0.6) is 0 Å². The summed E-state index contributed by atoms with van der Waals surface area (Å²) in [6.45, 7) is 5.35. The summed E-state index contributed by atoms with van der Waals surface area (Å²) >= 11 is 0. The zero-order chi connectivity index (χ0) is 12.8. The van der Waals surface area contributed by atoms with E-state index < -0.39 is 12.0 Å². The van der Waals surface area contributed by atoms with Gasteiger partial charge in [-0.3, -0.25) is 4.79 Å². The van der Waals surface area contributed by atoms with E-state index in [0.29, 0.717) is 19.1 Å². The molecule has 0 fully saturated rings. The highest BCUT2D eigenvalue weighted by Gasteiger charge is 2.30. The molecule has 0 amide bonds. The van der Waals surface area contributed by atoms with Crippen LogP contribution in [0, 0.1) is 11.8 Å². The third-order valence-corrected chi connectivity index (χ3v) is 3.24. The summed E-state index contributed by atoms with van der Waals surface area (Å²) in [6, 6.07) is -0.462. The number of allylic oxidation sites excluding steroid dienone is 2. The minimum atomic E-state index is -0.756. The Balaban J connectivity index is 2.58. The van der Waals surface area contributed by atoms with Crippen molar-refractivity contribution in [2.24, 2.45) is 11.8 Å². The van der Waals surface area contributed by atoms with E-state index in [-0.39, 0.29) is 5.92 Å². The zero-order valence-corrected chi connectivity index (χ0v) is 10.9. The molecule has 4 nitrogen and oxygen atoms in total. The first-order valence-electron chi connectivity index (χ1n) is 6.17. The number of ether oxygens (including phenoxy) is 1. The number of carboxylic acids is 1. The Kier molecular flexibility index (Phi) is 5.65. The average Bonchev–Trinajstić information content (AvgIpc) is 2.22. The number of rotatable bonds is 6. The predicted octanol–water partition coefficient (Wildman–Crippen LogP) is 1.67. The first kappa shape index (κ1) is 14.2. The highest BCUT2D eigenvalue weighted by atomic mass is 16.5. The van der Waals surface area contributed by atoms with Crippen LogP contribution in [0.15, 0.2) is 11.6 Å². The van der Waals surface area contributed by atoms with Gasteiger partial charge in [-0.05, 0) is 31.6 Å². The SMILES string of the molecule is COCCNC(C(=O)O)C1CC(C)=CC(C)C1. The van der Waals surface area contributed by atoms with E-state index >= 15 is 0 Å². The minimum absolute atomic E-state index is 0.185. The van der Waals surface area contributed by atoms with Crippen LogP contribution >= 0.6 is 0 Å². The molecule has 0 aromatic carbocycles. The van der Waals surface area contributed by atoms with Crippen LogP contribution < -0.4 is 5.32 Å². The van der Waals surface area contributed by atoms with Crippen molar-refractivity contribution in [1.29, 1.82) is 0 Å². The Hall–Kier alpha value is -0.870. The lowest BCUT2D eigenvalue weighted by Crippen LogP contribution is -2.45. The van der Waals surface area contributed by atoms with Crippen LogP contribution in [-0.4, -0.2) is 37.4 Å². The largest absolute Gasteiger partial charge is 0.480 e. The fourth-order valence-corrected chi connectivity index (χ4v) is 2.62. The molecule has 17 heavy (non-hydrogen) atoms. The Bertz CT molecular complexity index is 288. The quantitative estimate of drug-likeness (QED) is 0.548. The van der Waals surface area contributed by atoms with Crippen molar-refractivity contribution in [3.05, 3.63) is 11.6 Å². The summed E-state index contributed by atoms with van der Waals surface area (Å²) in [5.41, 5.74) is 1.30. The molecule has 2 N–H and O–H groups in total. The molecule has 4 heteroatoms. The second kappa shape index (κ2) is 6.77. The lowest BCUT2D eigenvalue weighted by molar-refractivity contribution is -0.141. The maximum Gasteiger partial charge on any atom is 0.320 e. The number of hydrogen-bond donors (Lipinski definition) is 2. The minimum Gasteiger partial charge on any atom is -0.480 e. The van der Waals surface area contributed by atoms with Crippen molar-refractivity contribution in [2.75, 3.05) is 20.3 Å². The van der Waals surface area contributed by atoms with Gasteiger partial charge in [-0.2, -0.15) is 0 Å². The first-order chi connectivity index (χ1) is 8.04. The van der Waals surface area contributed by atoms with Crippen molar-refractivity contribution >= 4 is 5.97 Å². The zero-order valence-electron chi connectivity index (χ0n) is 10.9. The standard InChI is InChI=1S/C13H23NO3/c1-9-6-10(2)8-11(7-9)12(13(15)16)14-4-5-17-3/h6,9,11-12,14H,4-5,7-8H2,1-3H3,(H,15,16). The van der Waals surface area contributed by atoms with Crippen LogP contribution in [0.4, 0.5) is 0 Å². The third kappa shape index (κ3) is 4.48. The summed E-state index contributed by atoms with van der Waals surface area (Å²) < 4.78 is 4.93. The fraction of sp³-hybridized carbons (Fsp3) is 0.769. The summed E-state index contributed by atoms with van der Waals surface area (Å²) in [5, 5.41) is 12.4. The molecule has 0 saturated heterocycles. The van der Waals surface area contributed by atoms with Crippen LogP contribution in [0.1, 0.15) is 26.7 Å². The molecule has 0 radical (unpaired) electrons. The van der Waals surface area contributed by atoms with Crippen LogP contribution in [0.3, 0.4) is 0 Å². The monoisotopic (exact) mass is 241 g/mol. The second-order valence-electron chi connectivity index (χ2n) is 4.95. The van der Waals surface area contributed by atoms with Crippen molar-refractivity contribution in [2.45, 2.75) is 32.7 Å². The lowest BCUT2D eigenvalue weighted by Gasteiger charge is -2.30. The molecule has 98 valence electrons. The molecule has 1 aliphatic rings.